The highest BCUT2D eigenvalue weighted by Gasteiger charge is 2.17. The Bertz CT molecular complexity index is 2100. The van der Waals surface area contributed by atoms with Crippen LogP contribution in [0.15, 0.2) is 58.2 Å². The van der Waals surface area contributed by atoms with E-state index in [9.17, 15) is 28.8 Å². The van der Waals surface area contributed by atoms with E-state index < -0.39 is 35.8 Å². The van der Waals surface area contributed by atoms with Crippen LogP contribution in [0.2, 0.25) is 0 Å². The highest BCUT2D eigenvalue weighted by atomic mass is 32.1. The van der Waals surface area contributed by atoms with E-state index in [0.29, 0.717) is 26.8 Å². The Labute approximate surface area is 324 Å². The first-order valence-corrected chi connectivity index (χ1v) is 17.8. The van der Waals surface area contributed by atoms with E-state index in [2.05, 4.69) is 38.5 Å². The van der Waals surface area contributed by atoms with Crippen LogP contribution in [0.25, 0.3) is 10.4 Å². The molecule has 0 aliphatic rings. The lowest BCUT2D eigenvalue weighted by Gasteiger charge is -2.05. The molecule has 0 bridgehead atoms. The summed E-state index contributed by atoms with van der Waals surface area (Å²) in [5, 5.41) is 54.3. The molecule has 0 radical (unpaired) electrons. The summed E-state index contributed by atoms with van der Waals surface area (Å²) in [4.78, 5) is 67.6. The molecule has 0 amide bonds. The molecule has 0 aliphatic heterocycles. The molecule has 5 heterocycles. The number of carboxylic acid groups (broad SMARTS) is 5. The van der Waals surface area contributed by atoms with Crippen molar-refractivity contribution in [1.82, 2.24) is 33.7 Å². The van der Waals surface area contributed by atoms with Crippen LogP contribution in [0.4, 0.5) is 0 Å². The predicted molar refractivity (Wildman–Crippen MR) is 192 cm³/mol. The molecule has 5 aromatic heterocycles. The first-order valence-electron chi connectivity index (χ1n) is 14.5. The van der Waals surface area contributed by atoms with Crippen LogP contribution in [-0.4, -0.2) is 108 Å². The zero-order valence-corrected chi connectivity index (χ0v) is 31.6. The van der Waals surface area contributed by atoms with Gasteiger partial charge in [0.2, 0.25) is 0 Å². The number of furan rings is 1. The Kier molecular flexibility index (Phi) is 18.8. The highest BCUT2D eigenvalue weighted by molar-refractivity contribution is 7.09. The zero-order chi connectivity index (χ0) is 40.9. The Morgan fingerprint density at radius 2 is 1.45 bits per heavy atom. The van der Waals surface area contributed by atoms with Crippen molar-refractivity contribution in [2.75, 3.05) is 13.2 Å². The Morgan fingerprint density at radius 1 is 0.782 bits per heavy atom. The van der Waals surface area contributed by atoms with Crippen LogP contribution in [0, 0.1) is 13.8 Å². The fraction of sp³-hybridized carbons (Fsp3) is 0.167. The molecule has 0 saturated heterocycles. The average Bonchev–Trinajstić information content (AvgIpc) is 3.99. The van der Waals surface area contributed by atoms with Gasteiger partial charge in [-0.3, -0.25) is 0 Å². The van der Waals surface area contributed by atoms with E-state index >= 15 is 0 Å². The number of hydrogen-bond acceptors (Lipinski definition) is 20. The predicted octanol–water partition coefficient (Wildman–Crippen LogP) is 4.75. The molecule has 290 valence electrons. The number of aromatic nitrogens is 7. The minimum atomic E-state index is -1.08. The maximum absolute atomic E-state index is 11.0. The van der Waals surface area contributed by atoms with Gasteiger partial charge >= 0.3 is 35.8 Å². The molecule has 0 fully saturated rings. The third kappa shape index (κ3) is 15.5. The summed E-state index contributed by atoms with van der Waals surface area (Å²) < 4.78 is 25.0. The van der Waals surface area contributed by atoms with Crippen molar-refractivity contribution in [1.29, 1.82) is 0 Å². The van der Waals surface area contributed by atoms with E-state index in [-0.39, 0.29) is 40.7 Å². The van der Waals surface area contributed by atoms with Crippen molar-refractivity contribution in [2.24, 2.45) is 0 Å². The van der Waals surface area contributed by atoms with Crippen molar-refractivity contribution in [3.63, 3.8) is 0 Å². The van der Waals surface area contributed by atoms with Crippen LogP contribution < -0.4 is 4.74 Å². The molecule has 0 unspecified atom stereocenters. The number of hydrogen-bond donors (Lipinski definition) is 5. The highest BCUT2D eigenvalue weighted by Crippen LogP contribution is 2.26. The number of carboxylic acids is 5. The SMILES string of the molecule is CCOC(=O)COc1cccc(C(=O)O)c1.Cc1nnsc1C(=O)O.Cc1snnc1C(=O)O.O=C(O)c1cscn1.O=C(O)c1nnsc1-c1ccoc1. The molecular formula is C30H27N7O14S4. The molecule has 55 heavy (non-hydrogen) atoms. The monoisotopic (exact) mass is 837 g/mol. The fourth-order valence-electron chi connectivity index (χ4n) is 3.15. The lowest BCUT2D eigenvalue weighted by atomic mass is 10.2. The number of benzene rings is 1. The average molecular weight is 838 g/mol. The van der Waals surface area contributed by atoms with E-state index in [4.69, 9.17) is 34.7 Å². The molecule has 0 spiro atoms. The Morgan fingerprint density at radius 3 is 1.89 bits per heavy atom. The minimum Gasteiger partial charge on any atom is -0.482 e. The van der Waals surface area contributed by atoms with Crippen LogP contribution in [0.5, 0.6) is 5.75 Å². The fourth-order valence-corrected chi connectivity index (χ4v) is 5.27. The summed E-state index contributed by atoms with van der Waals surface area (Å²) in [6.07, 6.45) is 2.93. The van der Waals surface area contributed by atoms with Crippen LogP contribution >= 0.6 is 45.9 Å². The summed E-state index contributed by atoms with van der Waals surface area (Å²) in [7, 11) is 0. The van der Waals surface area contributed by atoms with Gasteiger partial charge in [0.15, 0.2) is 28.6 Å². The van der Waals surface area contributed by atoms with Crippen molar-refractivity contribution in [3.05, 3.63) is 91.8 Å². The number of aryl methyl sites for hydroxylation is 2. The molecule has 0 atom stereocenters. The number of thiazole rings is 1. The summed E-state index contributed by atoms with van der Waals surface area (Å²) in [6, 6.07) is 7.58. The number of aromatic carboxylic acids is 5. The van der Waals surface area contributed by atoms with E-state index in [1.807, 2.05) is 0 Å². The minimum absolute atomic E-state index is 0.0357. The topological polar surface area (TPSA) is 325 Å². The van der Waals surface area contributed by atoms with Gasteiger partial charge in [-0.25, -0.2) is 33.8 Å². The van der Waals surface area contributed by atoms with Gasteiger partial charge in [-0.15, -0.1) is 26.6 Å². The normalized spacial score (nSPS) is 9.58. The molecule has 25 heteroatoms. The summed E-state index contributed by atoms with van der Waals surface area (Å²) >= 11 is 4.30. The Hall–Kier alpha value is -6.57. The third-order valence-corrected chi connectivity index (χ3v) is 8.38. The van der Waals surface area contributed by atoms with Crippen LogP contribution in [0.1, 0.15) is 69.0 Å². The number of carbonyl (C=O) groups is 6. The molecular weight excluding hydrogens is 811 g/mol. The Balaban J connectivity index is 0.000000244. The zero-order valence-electron chi connectivity index (χ0n) is 28.3. The number of nitrogens with zero attached hydrogens (tertiary/aromatic N) is 7. The maximum atomic E-state index is 11.0. The van der Waals surface area contributed by atoms with Crippen molar-refractivity contribution < 1.29 is 68.2 Å². The number of ether oxygens (including phenoxy) is 2. The first kappa shape index (κ1) is 44.6. The molecule has 6 rings (SSSR count). The second-order valence-electron chi connectivity index (χ2n) is 9.35. The summed E-state index contributed by atoms with van der Waals surface area (Å²) in [5.41, 5.74) is 2.91. The first-order chi connectivity index (χ1) is 26.2. The third-order valence-electron chi connectivity index (χ3n) is 5.57. The second-order valence-corrected chi connectivity index (χ2v) is 12.5. The van der Waals surface area contributed by atoms with E-state index in [1.165, 1.54) is 46.9 Å². The lowest BCUT2D eigenvalue weighted by Crippen LogP contribution is -2.14. The molecule has 5 N–H and O–H groups in total. The van der Waals surface area contributed by atoms with Gasteiger partial charge in [-0.05, 0) is 79.6 Å². The largest absolute Gasteiger partial charge is 0.482 e. The van der Waals surface area contributed by atoms with Crippen LogP contribution in [0.3, 0.4) is 0 Å². The standard InChI is InChI=1S/C11H12O5.C7H4N2O3S.2C4H4N2O2S.C4H3NO2S/c1-2-15-10(12)7-16-9-5-3-4-8(6-9)11(13)14;10-7(11)5-6(13-9-8-5)4-1-2-12-3-4;1-2-3(4(7)8)5-6-9-2;1-2-3(4(7)8)9-6-5-2;6-4(7)3-1-8-2-5-3/h3-6H,2,7H2,1H3,(H,13,14);1-3H,(H,10,11);2*1H3,(H,7,8);1-2H,(H,6,7). The molecule has 6 aromatic rings. The van der Waals surface area contributed by atoms with Crippen molar-refractivity contribution in [3.8, 4) is 16.2 Å². The summed E-state index contributed by atoms with van der Waals surface area (Å²) in [6.45, 7) is 5.05. The number of esters is 1. The van der Waals surface area contributed by atoms with Gasteiger partial charge in [-0.1, -0.05) is 19.5 Å². The van der Waals surface area contributed by atoms with Gasteiger partial charge in [-0.2, -0.15) is 0 Å². The second kappa shape index (κ2) is 23.2. The number of carbonyl (C=O) groups excluding carboxylic acids is 1. The molecule has 0 aliphatic carbocycles. The molecule has 21 nitrogen and oxygen atoms in total. The molecule has 0 saturated carbocycles. The summed E-state index contributed by atoms with van der Waals surface area (Å²) in [5.74, 6) is -5.21. The van der Waals surface area contributed by atoms with E-state index in [0.717, 1.165) is 34.6 Å². The van der Waals surface area contributed by atoms with Gasteiger partial charge in [0.1, 0.15) is 5.75 Å². The molecule has 1 aromatic carbocycles. The van der Waals surface area contributed by atoms with Gasteiger partial charge < -0.3 is 39.4 Å². The van der Waals surface area contributed by atoms with Crippen molar-refractivity contribution >= 4 is 81.8 Å². The smallest absolute Gasteiger partial charge is 0.358 e. The quantitative estimate of drug-likeness (QED) is 0.116. The van der Waals surface area contributed by atoms with Gasteiger partial charge in [0, 0.05) is 10.9 Å². The van der Waals surface area contributed by atoms with E-state index in [1.54, 1.807) is 39.0 Å². The van der Waals surface area contributed by atoms with Crippen molar-refractivity contribution in [2.45, 2.75) is 20.8 Å². The van der Waals surface area contributed by atoms with Gasteiger partial charge in [0.05, 0.1) is 45.7 Å². The maximum Gasteiger partial charge on any atom is 0.358 e. The van der Waals surface area contributed by atoms with Gasteiger partial charge in [0.25, 0.3) is 0 Å². The lowest BCUT2D eigenvalue weighted by molar-refractivity contribution is -0.145. The van der Waals surface area contributed by atoms with Crippen LogP contribution in [-0.2, 0) is 9.53 Å². The number of rotatable bonds is 10.